The Labute approximate surface area is 79.7 Å². The third kappa shape index (κ3) is 1.42. The lowest BCUT2D eigenvalue weighted by Crippen LogP contribution is -2.30. The molecule has 4 nitrogen and oxygen atoms in total. The van der Waals surface area contributed by atoms with Gasteiger partial charge in [-0.3, -0.25) is 0 Å². The second-order valence-electron chi connectivity index (χ2n) is 1.46. The van der Waals surface area contributed by atoms with Crippen molar-refractivity contribution in [1.29, 1.82) is 0 Å². The average Bonchev–Trinajstić information content (AvgIpc) is 2.13. The highest BCUT2D eigenvalue weighted by atomic mass is 79.9. The van der Waals surface area contributed by atoms with Gasteiger partial charge in [0.15, 0.2) is 0 Å². The predicted molar refractivity (Wildman–Crippen MR) is 41.7 cm³/mol. The van der Waals surface area contributed by atoms with Crippen molar-refractivity contribution in [2.45, 2.75) is 8.36 Å². The molecule has 0 aromatic heterocycles. The summed E-state index contributed by atoms with van der Waals surface area (Å²) in [6, 6.07) is 0. The monoisotopic (exact) mass is 264 g/mol. The van der Waals surface area contributed by atoms with E-state index in [1.807, 2.05) is 0 Å². The lowest BCUT2D eigenvalue weighted by molar-refractivity contribution is 0.670. The molecule has 0 atom stereocenters. The highest BCUT2D eigenvalue weighted by Crippen LogP contribution is 2.48. The van der Waals surface area contributed by atoms with Gasteiger partial charge < -0.3 is 0 Å². The molecule has 10 heavy (non-hydrogen) atoms. The van der Waals surface area contributed by atoms with Gasteiger partial charge in [0.25, 0.3) is 4.57 Å². The highest BCUT2D eigenvalue weighted by molar-refractivity contribution is 9.10. The molecule has 0 aliphatic carbocycles. The fourth-order valence-corrected chi connectivity index (χ4v) is 0.661. The van der Waals surface area contributed by atoms with Crippen molar-refractivity contribution in [1.82, 2.24) is 0 Å². The van der Waals surface area contributed by atoms with E-state index >= 15 is 0 Å². The van der Waals surface area contributed by atoms with E-state index in [1.54, 1.807) is 0 Å². The van der Waals surface area contributed by atoms with E-state index in [4.69, 9.17) is 34.8 Å². The van der Waals surface area contributed by atoms with Crippen molar-refractivity contribution in [3.63, 3.8) is 0 Å². The van der Waals surface area contributed by atoms with Crippen LogP contribution in [0.15, 0.2) is 20.7 Å². The van der Waals surface area contributed by atoms with Crippen molar-refractivity contribution in [3.8, 4) is 0 Å². The summed E-state index contributed by atoms with van der Waals surface area (Å²) < 4.78 is -3.01. The molecule has 0 saturated carbocycles. The first-order valence-electron chi connectivity index (χ1n) is 2.05. The van der Waals surface area contributed by atoms with Gasteiger partial charge >= 0.3 is 0 Å². The maximum atomic E-state index is 5.46. The molecule has 0 spiro atoms. The molecule has 0 saturated heterocycles. The van der Waals surface area contributed by atoms with Crippen LogP contribution in [0.5, 0.6) is 0 Å². The summed E-state index contributed by atoms with van der Waals surface area (Å²) >= 11 is 19.3. The number of hydrogen-bond donors (Lipinski definition) is 0. The highest BCUT2D eigenvalue weighted by Gasteiger charge is 2.50. The van der Waals surface area contributed by atoms with E-state index < -0.39 is 8.36 Å². The first kappa shape index (κ1) is 8.64. The van der Waals surface area contributed by atoms with Crippen LogP contribution in [-0.4, -0.2) is 8.36 Å². The third-order valence-corrected chi connectivity index (χ3v) is 3.14. The molecule has 0 amide bonds. The zero-order chi connectivity index (χ0) is 7.83. The Morgan fingerprint density at radius 2 is 1.50 bits per heavy atom. The third-order valence-electron chi connectivity index (χ3n) is 0.755. The first-order chi connectivity index (χ1) is 4.46. The fraction of sp³-hybridized carbons (Fsp3) is 1.00. The minimum Gasteiger partial charge on any atom is -0.118 e. The molecule has 0 fully saturated rings. The van der Waals surface area contributed by atoms with E-state index in [9.17, 15) is 0 Å². The molecular weight excluding hydrogens is 266 g/mol. The van der Waals surface area contributed by atoms with Crippen LogP contribution in [-0.2, 0) is 0 Å². The maximum Gasteiger partial charge on any atom is 0.294 e. The van der Waals surface area contributed by atoms with Crippen LogP contribution in [0.3, 0.4) is 0 Å². The summed E-state index contributed by atoms with van der Waals surface area (Å²) in [6.45, 7) is 0. The Balaban J connectivity index is 2.90. The summed E-state index contributed by atoms with van der Waals surface area (Å²) in [5.41, 5.74) is 0. The van der Waals surface area contributed by atoms with Crippen LogP contribution in [0, 0.1) is 0 Å². The summed E-state index contributed by atoms with van der Waals surface area (Å²) in [6.07, 6.45) is 0. The lowest BCUT2D eigenvalue weighted by Gasteiger charge is -2.19. The zero-order valence-electron chi connectivity index (χ0n) is 4.30. The quantitative estimate of drug-likeness (QED) is 0.477. The maximum absolute atomic E-state index is 5.46. The largest absolute Gasteiger partial charge is 0.294 e. The van der Waals surface area contributed by atoms with Crippen molar-refractivity contribution in [2.24, 2.45) is 20.7 Å². The number of rotatable bonds is 0. The molecule has 0 radical (unpaired) electrons. The topological polar surface area (TPSA) is 49.4 Å². The average molecular weight is 266 g/mol. The summed E-state index contributed by atoms with van der Waals surface area (Å²) in [5.74, 6) is 0. The van der Waals surface area contributed by atoms with E-state index in [-0.39, 0.29) is 0 Å². The molecule has 8 heteroatoms. The van der Waals surface area contributed by atoms with Gasteiger partial charge in [-0.1, -0.05) is 34.8 Å². The van der Waals surface area contributed by atoms with Gasteiger partial charge in [-0.25, -0.2) is 0 Å². The second kappa shape index (κ2) is 2.55. The molecule has 0 N–H and O–H groups in total. The Morgan fingerprint density at radius 1 is 1.10 bits per heavy atom. The van der Waals surface area contributed by atoms with Crippen molar-refractivity contribution in [3.05, 3.63) is 0 Å². The summed E-state index contributed by atoms with van der Waals surface area (Å²) in [4.78, 5) is 0. The molecule has 56 valence electrons. The number of nitrogens with zero attached hydrogens (tertiary/aromatic N) is 4. The molecule has 1 aliphatic heterocycles. The molecule has 0 bridgehead atoms. The van der Waals surface area contributed by atoms with Crippen LogP contribution in [0.2, 0.25) is 0 Å². The van der Waals surface area contributed by atoms with Crippen LogP contribution >= 0.6 is 50.7 Å². The Bertz CT molecular complexity index is 183. The number of hydrogen-bond acceptors (Lipinski definition) is 4. The Hall–Kier alpha value is 0.550. The minimum atomic E-state index is -1.67. The molecule has 1 aliphatic rings. The van der Waals surface area contributed by atoms with Crippen molar-refractivity contribution in [2.75, 3.05) is 0 Å². The molecule has 1 rings (SSSR count). The minimum absolute atomic E-state index is 1.34. The van der Waals surface area contributed by atoms with Crippen LogP contribution in [0.4, 0.5) is 0 Å². The number of halogens is 4. The number of alkyl halides is 4. The van der Waals surface area contributed by atoms with Crippen molar-refractivity contribution >= 4 is 50.7 Å². The molecule has 1 heterocycles. The first-order valence-corrected chi connectivity index (χ1v) is 3.98. The molecule has 0 aromatic rings. The van der Waals surface area contributed by atoms with Crippen molar-refractivity contribution < 1.29 is 0 Å². The van der Waals surface area contributed by atoms with Crippen LogP contribution in [0.25, 0.3) is 0 Å². The second-order valence-corrected chi connectivity index (χ2v) is 4.85. The lowest BCUT2D eigenvalue weighted by atomic mass is 10.6. The predicted octanol–water partition coefficient (Wildman–Crippen LogP) is 3.24. The van der Waals surface area contributed by atoms with Gasteiger partial charge in [0, 0.05) is 0 Å². The smallest absolute Gasteiger partial charge is 0.118 e. The van der Waals surface area contributed by atoms with Gasteiger partial charge in [0.05, 0.1) is 0 Å². The molecular formula is C2BrCl3N4. The summed E-state index contributed by atoms with van der Waals surface area (Å²) in [7, 11) is 0. The van der Waals surface area contributed by atoms with Crippen LogP contribution < -0.4 is 0 Å². The molecule has 0 unspecified atom stereocenters. The normalized spacial score (nSPS) is 22.0. The van der Waals surface area contributed by atoms with Gasteiger partial charge in [-0.15, -0.1) is 10.2 Å². The summed E-state index contributed by atoms with van der Waals surface area (Å²) in [5, 5.41) is 13.3. The van der Waals surface area contributed by atoms with E-state index in [0.717, 1.165) is 0 Å². The van der Waals surface area contributed by atoms with Gasteiger partial charge in [0.2, 0.25) is 3.79 Å². The van der Waals surface area contributed by atoms with Gasteiger partial charge in [-0.05, 0) is 26.4 Å². The molecule has 0 aromatic carbocycles. The fourth-order valence-electron chi connectivity index (χ4n) is 0.292. The van der Waals surface area contributed by atoms with E-state index in [1.165, 1.54) is 0 Å². The van der Waals surface area contributed by atoms with E-state index in [0.29, 0.717) is 0 Å². The Kier molecular flexibility index (Phi) is 2.20. The zero-order valence-corrected chi connectivity index (χ0v) is 8.15. The van der Waals surface area contributed by atoms with Gasteiger partial charge in [0.1, 0.15) is 0 Å². The van der Waals surface area contributed by atoms with Gasteiger partial charge in [-0.2, -0.15) is 0 Å². The SMILES string of the molecule is ClC(Cl)(Cl)C1(Br)N=NN=N1. The van der Waals surface area contributed by atoms with Crippen LogP contribution in [0.1, 0.15) is 0 Å². The Morgan fingerprint density at radius 3 is 1.70 bits per heavy atom. The van der Waals surface area contributed by atoms with E-state index in [2.05, 4.69) is 36.6 Å². The standard InChI is InChI=1S/C2BrCl3N4/c3-1(2(4,5)6)7-9-10-8-1.